The number of hydrogen-bond acceptors (Lipinski definition) is 4. The summed E-state index contributed by atoms with van der Waals surface area (Å²) in [7, 11) is -3.62. The van der Waals surface area contributed by atoms with Gasteiger partial charge in [-0.15, -0.1) is 0 Å². The molecule has 4 rings (SSSR count). The van der Waals surface area contributed by atoms with Crippen molar-refractivity contribution in [2.75, 3.05) is 6.54 Å². The molecule has 2 aliphatic rings. The predicted octanol–water partition coefficient (Wildman–Crippen LogP) is 2.46. The molecular weight excluding hydrogens is 388 g/mol. The Kier molecular flexibility index (Phi) is 5.74. The van der Waals surface area contributed by atoms with Gasteiger partial charge in [0.25, 0.3) is 0 Å². The monoisotopic (exact) mass is 416 g/mol. The van der Waals surface area contributed by atoms with Gasteiger partial charge >= 0.3 is 0 Å². The Bertz CT molecular complexity index is 993. The van der Waals surface area contributed by atoms with Crippen LogP contribution in [0.1, 0.15) is 55.0 Å². The number of aromatic nitrogens is 2. The quantitative estimate of drug-likeness (QED) is 0.725. The summed E-state index contributed by atoms with van der Waals surface area (Å²) in [5.41, 5.74) is 2.95. The third-order valence-electron chi connectivity index (χ3n) is 5.95. The lowest BCUT2D eigenvalue weighted by Gasteiger charge is -2.18. The third-order valence-corrected chi connectivity index (χ3v) is 7.41. The van der Waals surface area contributed by atoms with Gasteiger partial charge in [-0.25, -0.2) is 13.1 Å². The van der Waals surface area contributed by atoms with Crippen LogP contribution in [0, 0.1) is 12.8 Å². The molecule has 1 saturated carbocycles. The van der Waals surface area contributed by atoms with Crippen molar-refractivity contribution in [2.24, 2.45) is 5.92 Å². The van der Waals surface area contributed by atoms with Gasteiger partial charge in [0.2, 0.25) is 15.9 Å². The molecule has 2 aromatic rings. The van der Waals surface area contributed by atoms with E-state index in [1.54, 1.807) is 16.8 Å². The van der Waals surface area contributed by atoms with Crippen LogP contribution in [0.4, 0.5) is 0 Å². The molecule has 8 heteroatoms. The smallest absolute Gasteiger partial charge is 0.240 e. The predicted molar refractivity (Wildman–Crippen MR) is 110 cm³/mol. The van der Waals surface area contributed by atoms with E-state index in [0.29, 0.717) is 6.54 Å². The number of sulfonamides is 1. The molecule has 1 fully saturated rings. The number of carbonyl (C=O) groups is 1. The molecule has 1 aromatic heterocycles. The van der Waals surface area contributed by atoms with E-state index in [-0.39, 0.29) is 29.3 Å². The molecule has 0 spiro atoms. The highest BCUT2D eigenvalue weighted by atomic mass is 32.2. The first-order valence-electron chi connectivity index (χ1n) is 10.4. The Morgan fingerprint density at radius 3 is 2.72 bits per heavy atom. The summed E-state index contributed by atoms with van der Waals surface area (Å²) in [6.07, 6.45) is 7.66. The van der Waals surface area contributed by atoms with Crippen LogP contribution in [0.15, 0.2) is 35.4 Å². The zero-order valence-electron chi connectivity index (χ0n) is 16.7. The number of amides is 1. The van der Waals surface area contributed by atoms with Crippen LogP contribution in [0.3, 0.4) is 0 Å². The molecule has 1 heterocycles. The maximum atomic E-state index is 12.7. The Labute approximate surface area is 171 Å². The number of hydrogen-bond donors (Lipinski definition) is 2. The van der Waals surface area contributed by atoms with Gasteiger partial charge in [-0.1, -0.05) is 18.9 Å². The lowest BCUT2D eigenvalue weighted by Crippen LogP contribution is -2.32. The molecule has 1 amide bonds. The van der Waals surface area contributed by atoms with Gasteiger partial charge in [0.1, 0.15) is 0 Å². The Hall–Kier alpha value is -2.19. The lowest BCUT2D eigenvalue weighted by atomic mass is 10.0. The summed E-state index contributed by atoms with van der Waals surface area (Å²) < 4.78 is 29.8. The van der Waals surface area contributed by atoms with E-state index in [1.807, 2.05) is 25.3 Å². The molecule has 0 aliphatic heterocycles. The summed E-state index contributed by atoms with van der Waals surface area (Å²) in [6.45, 7) is 2.63. The number of aryl methyl sites for hydroxylation is 2. The molecule has 0 bridgehead atoms. The number of carbonyl (C=O) groups excluding carboxylic acids is 1. The molecule has 7 nitrogen and oxygen atoms in total. The number of fused-ring (bicyclic) bond motifs is 1. The SMILES string of the molecule is Cc1ccn(CCNS(=O)(=O)c2ccc3c(c2)C(NC(=O)C2CCCC2)CC3)n1. The second-order valence-electron chi connectivity index (χ2n) is 8.06. The molecule has 0 radical (unpaired) electrons. The summed E-state index contributed by atoms with van der Waals surface area (Å²) in [4.78, 5) is 12.8. The largest absolute Gasteiger partial charge is 0.349 e. The molecule has 1 unspecified atom stereocenters. The Morgan fingerprint density at radius 1 is 1.21 bits per heavy atom. The van der Waals surface area contributed by atoms with Crippen molar-refractivity contribution >= 4 is 15.9 Å². The van der Waals surface area contributed by atoms with Crippen LogP contribution in [0.2, 0.25) is 0 Å². The maximum absolute atomic E-state index is 12.7. The fourth-order valence-corrected chi connectivity index (χ4v) is 5.40. The van der Waals surface area contributed by atoms with Gasteiger partial charge in [0.15, 0.2) is 0 Å². The highest BCUT2D eigenvalue weighted by Gasteiger charge is 2.29. The molecule has 156 valence electrons. The van der Waals surface area contributed by atoms with Crippen LogP contribution < -0.4 is 10.0 Å². The number of rotatable bonds is 7. The summed E-state index contributed by atoms with van der Waals surface area (Å²) in [6, 6.07) is 7.04. The number of nitrogens with zero attached hydrogens (tertiary/aromatic N) is 2. The maximum Gasteiger partial charge on any atom is 0.240 e. The first kappa shape index (κ1) is 20.1. The number of benzene rings is 1. The lowest BCUT2D eigenvalue weighted by molar-refractivity contribution is -0.125. The Balaban J connectivity index is 1.42. The minimum Gasteiger partial charge on any atom is -0.349 e. The van der Waals surface area contributed by atoms with E-state index in [1.165, 1.54) is 0 Å². The molecule has 0 saturated heterocycles. The second kappa shape index (κ2) is 8.28. The first-order valence-corrected chi connectivity index (χ1v) is 11.8. The minimum absolute atomic E-state index is 0.0969. The highest BCUT2D eigenvalue weighted by Crippen LogP contribution is 2.34. The van der Waals surface area contributed by atoms with Crippen LogP contribution in [0.25, 0.3) is 0 Å². The summed E-state index contributed by atoms with van der Waals surface area (Å²) in [5.74, 6) is 0.222. The van der Waals surface area contributed by atoms with E-state index in [9.17, 15) is 13.2 Å². The summed E-state index contributed by atoms with van der Waals surface area (Å²) in [5, 5.41) is 7.42. The molecule has 1 atom stereocenters. The topological polar surface area (TPSA) is 93.1 Å². The molecule has 1 aromatic carbocycles. The van der Waals surface area contributed by atoms with Crippen molar-refractivity contribution in [1.82, 2.24) is 19.8 Å². The van der Waals surface area contributed by atoms with E-state index < -0.39 is 10.0 Å². The van der Waals surface area contributed by atoms with Crippen molar-refractivity contribution in [1.29, 1.82) is 0 Å². The van der Waals surface area contributed by atoms with E-state index in [2.05, 4.69) is 15.1 Å². The summed E-state index contributed by atoms with van der Waals surface area (Å²) >= 11 is 0. The van der Waals surface area contributed by atoms with E-state index >= 15 is 0 Å². The van der Waals surface area contributed by atoms with Crippen LogP contribution in [-0.4, -0.2) is 30.7 Å². The zero-order valence-corrected chi connectivity index (χ0v) is 17.5. The van der Waals surface area contributed by atoms with E-state index in [4.69, 9.17) is 0 Å². The van der Waals surface area contributed by atoms with Gasteiger partial charge in [-0.3, -0.25) is 9.48 Å². The molecular formula is C21H28N4O3S. The van der Waals surface area contributed by atoms with Gasteiger partial charge in [0, 0.05) is 18.7 Å². The van der Waals surface area contributed by atoms with Crippen molar-refractivity contribution in [3.05, 3.63) is 47.3 Å². The third kappa shape index (κ3) is 4.53. The average Bonchev–Trinajstić information content (AvgIpc) is 3.43. The highest BCUT2D eigenvalue weighted by molar-refractivity contribution is 7.89. The van der Waals surface area contributed by atoms with Crippen molar-refractivity contribution in [2.45, 2.75) is 62.9 Å². The van der Waals surface area contributed by atoms with Crippen molar-refractivity contribution in [3.63, 3.8) is 0 Å². The van der Waals surface area contributed by atoms with Gasteiger partial charge in [-0.2, -0.15) is 5.10 Å². The second-order valence-corrected chi connectivity index (χ2v) is 9.83. The standard InChI is InChI=1S/C21H28N4O3S/c1-15-10-12-25(24-15)13-11-22-29(27,28)18-8-6-16-7-9-20(19(16)14-18)23-21(26)17-4-2-3-5-17/h6,8,10,12,14,17,20,22H,2-5,7,9,11,13H2,1H3,(H,23,26). The van der Waals surface area contributed by atoms with Crippen LogP contribution >= 0.6 is 0 Å². The van der Waals surface area contributed by atoms with Crippen LogP contribution in [0.5, 0.6) is 0 Å². The first-order chi connectivity index (χ1) is 13.9. The van der Waals surface area contributed by atoms with Crippen molar-refractivity contribution in [3.8, 4) is 0 Å². The fourth-order valence-electron chi connectivity index (χ4n) is 4.34. The van der Waals surface area contributed by atoms with E-state index in [0.717, 1.165) is 55.3 Å². The zero-order chi connectivity index (χ0) is 20.4. The van der Waals surface area contributed by atoms with Crippen LogP contribution in [-0.2, 0) is 27.8 Å². The van der Waals surface area contributed by atoms with Gasteiger partial charge in [0.05, 0.1) is 23.2 Å². The normalized spacial score (nSPS) is 19.4. The molecule has 2 N–H and O–H groups in total. The van der Waals surface area contributed by atoms with Gasteiger partial charge in [-0.05, 0) is 61.9 Å². The number of nitrogens with one attached hydrogen (secondary N) is 2. The molecule has 2 aliphatic carbocycles. The van der Waals surface area contributed by atoms with Gasteiger partial charge < -0.3 is 5.32 Å². The average molecular weight is 417 g/mol. The molecule has 29 heavy (non-hydrogen) atoms. The fraction of sp³-hybridized carbons (Fsp3) is 0.524. The van der Waals surface area contributed by atoms with Crippen molar-refractivity contribution < 1.29 is 13.2 Å². The Morgan fingerprint density at radius 2 is 2.00 bits per heavy atom. The minimum atomic E-state index is -3.62.